The maximum Gasteiger partial charge on any atom is 0.269 e. The van der Waals surface area contributed by atoms with Gasteiger partial charge in [-0.1, -0.05) is 0 Å². The molecule has 1 aromatic rings. The van der Waals surface area contributed by atoms with Gasteiger partial charge < -0.3 is 15.3 Å². The molecule has 4 N–H and O–H groups in total. The molecular weight excluding hydrogens is 212 g/mol. The molecule has 0 saturated carbocycles. The Bertz CT molecular complexity index is 426. The molecule has 0 fully saturated rings. The van der Waals surface area contributed by atoms with Crippen LogP contribution in [0.4, 0.5) is 0 Å². The van der Waals surface area contributed by atoms with Crippen LogP contribution in [0.5, 0.6) is 17.2 Å². The summed E-state index contributed by atoms with van der Waals surface area (Å²) in [4.78, 5) is 0. The van der Waals surface area contributed by atoms with Crippen molar-refractivity contribution in [1.29, 1.82) is 0 Å². The number of hydrogen-bond acceptors (Lipinski definition) is 5. The molecule has 0 unspecified atom stereocenters. The quantitative estimate of drug-likeness (QED) is 0.529. The van der Waals surface area contributed by atoms with Crippen molar-refractivity contribution in [1.82, 2.24) is 0 Å². The highest BCUT2D eigenvalue weighted by Crippen LogP contribution is 2.32. The van der Waals surface area contributed by atoms with E-state index in [0.717, 1.165) is 12.1 Å². The Morgan fingerprint density at radius 1 is 1.07 bits per heavy atom. The second-order valence-electron chi connectivity index (χ2n) is 2.69. The molecule has 6 nitrogen and oxygen atoms in total. The zero-order chi connectivity index (χ0) is 10.9. The molecule has 14 heavy (non-hydrogen) atoms. The van der Waals surface area contributed by atoms with E-state index in [2.05, 4.69) is 0 Å². The van der Waals surface area contributed by atoms with Crippen LogP contribution in [0, 0.1) is 0 Å². The van der Waals surface area contributed by atoms with Gasteiger partial charge in [0, 0.05) is 12.1 Å². The van der Waals surface area contributed by atoms with E-state index in [9.17, 15) is 8.42 Å². The van der Waals surface area contributed by atoms with Gasteiger partial charge in [-0.05, 0) is 0 Å². The molecule has 0 radical (unpaired) electrons. The second-order valence-corrected chi connectivity index (χ2v) is 4.14. The van der Waals surface area contributed by atoms with Crippen LogP contribution in [0.2, 0.25) is 0 Å². The van der Waals surface area contributed by atoms with Gasteiger partial charge in [-0.2, -0.15) is 8.42 Å². The molecule has 0 amide bonds. The van der Waals surface area contributed by atoms with Crippen LogP contribution in [-0.4, -0.2) is 28.3 Å². The molecule has 7 heteroatoms. The first-order chi connectivity index (χ1) is 6.29. The van der Waals surface area contributed by atoms with E-state index < -0.39 is 33.1 Å². The molecule has 0 heterocycles. The van der Waals surface area contributed by atoms with Crippen molar-refractivity contribution in [3.05, 3.63) is 17.7 Å². The van der Waals surface area contributed by atoms with Crippen molar-refractivity contribution in [2.45, 2.75) is 5.75 Å². The lowest BCUT2D eigenvalue weighted by Crippen LogP contribution is -2.02. The van der Waals surface area contributed by atoms with E-state index in [-0.39, 0.29) is 5.56 Å². The Kier molecular flexibility index (Phi) is 2.54. The molecular formula is C7H8O6S. The van der Waals surface area contributed by atoms with Crippen molar-refractivity contribution in [3.8, 4) is 17.2 Å². The molecule has 0 aliphatic heterocycles. The molecule has 0 aliphatic carbocycles. The van der Waals surface area contributed by atoms with Gasteiger partial charge in [-0.15, -0.1) is 0 Å². The topological polar surface area (TPSA) is 115 Å². The standard InChI is InChI=1S/C7H8O6S/c8-4-1-6(9)5(7(10)2-4)3-14(11,12)13/h1-2,8-10H,3H2,(H,11,12,13). The molecule has 0 bridgehead atoms. The maximum atomic E-state index is 10.5. The minimum absolute atomic E-state index is 0.356. The van der Waals surface area contributed by atoms with Crippen LogP contribution in [0.1, 0.15) is 5.56 Å². The smallest absolute Gasteiger partial charge is 0.269 e. The van der Waals surface area contributed by atoms with Gasteiger partial charge in [-0.25, -0.2) is 0 Å². The summed E-state index contributed by atoms with van der Waals surface area (Å²) in [5, 5.41) is 27.2. The predicted molar refractivity (Wildman–Crippen MR) is 46.7 cm³/mol. The third kappa shape index (κ3) is 2.51. The zero-order valence-electron chi connectivity index (χ0n) is 6.88. The van der Waals surface area contributed by atoms with Gasteiger partial charge in [0.2, 0.25) is 0 Å². The van der Waals surface area contributed by atoms with Gasteiger partial charge in [0.1, 0.15) is 23.0 Å². The van der Waals surface area contributed by atoms with Crippen LogP contribution < -0.4 is 0 Å². The van der Waals surface area contributed by atoms with E-state index in [4.69, 9.17) is 19.9 Å². The van der Waals surface area contributed by atoms with E-state index in [0.29, 0.717) is 0 Å². The monoisotopic (exact) mass is 220 g/mol. The number of hydrogen-bond donors (Lipinski definition) is 4. The Labute approximate surface area is 79.8 Å². The summed E-state index contributed by atoms with van der Waals surface area (Å²) in [6, 6.07) is 1.72. The van der Waals surface area contributed by atoms with Crippen LogP contribution in [-0.2, 0) is 15.9 Å². The van der Waals surface area contributed by atoms with Crippen molar-refractivity contribution in [2.75, 3.05) is 0 Å². The third-order valence-corrected chi connectivity index (χ3v) is 2.17. The highest BCUT2D eigenvalue weighted by Gasteiger charge is 2.16. The molecule has 1 rings (SSSR count). The average Bonchev–Trinajstić information content (AvgIpc) is 1.95. The minimum Gasteiger partial charge on any atom is -0.508 e. The van der Waals surface area contributed by atoms with Crippen LogP contribution in [0.25, 0.3) is 0 Å². The number of phenolic OH excluding ortho intramolecular Hbond substituents is 3. The van der Waals surface area contributed by atoms with Crippen molar-refractivity contribution in [3.63, 3.8) is 0 Å². The van der Waals surface area contributed by atoms with Crippen molar-refractivity contribution in [2.24, 2.45) is 0 Å². The first-order valence-electron chi connectivity index (χ1n) is 3.48. The number of benzene rings is 1. The number of rotatable bonds is 2. The molecule has 78 valence electrons. The molecule has 0 spiro atoms. The summed E-state index contributed by atoms with van der Waals surface area (Å²) in [6.45, 7) is 0. The van der Waals surface area contributed by atoms with Crippen molar-refractivity contribution >= 4 is 10.1 Å². The third-order valence-electron chi connectivity index (χ3n) is 1.51. The first-order valence-corrected chi connectivity index (χ1v) is 5.09. The molecule has 0 aromatic heterocycles. The summed E-state index contributed by atoms with van der Waals surface area (Å²) in [5.74, 6) is -2.51. The lowest BCUT2D eigenvalue weighted by molar-refractivity contribution is 0.418. The zero-order valence-corrected chi connectivity index (χ0v) is 7.69. The maximum absolute atomic E-state index is 10.5. The lowest BCUT2D eigenvalue weighted by Gasteiger charge is -2.05. The summed E-state index contributed by atoms with van der Waals surface area (Å²) in [7, 11) is -4.34. The number of phenols is 3. The van der Waals surface area contributed by atoms with E-state index >= 15 is 0 Å². The molecule has 0 saturated heterocycles. The molecule has 0 aliphatic rings. The average molecular weight is 220 g/mol. The Hall–Kier alpha value is -1.47. The highest BCUT2D eigenvalue weighted by atomic mass is 32.2. The minimum atomic E-state index is -4.34. The van der Waals surface area contributed by atoms with E-state index in [1.807, 2.05) is 0 Å². The second kappa shape index (κ2) is 3.35. The fraction of sp³-hybridized carbons (Fsp3) is 0.143. The Morgan fingerprint density at radius 2 is 1.50 bits per heavy atom. The molecule has 1 aromatic carbocycles. The summed E-state index contributed by atoms with van der Waals surface area (Å²) in [5.41, 5.74) is -0.356. The fourth-order valence-corrected chi connectivity index (χ4v) is 1.62. The van der Waals surface area contributed by atoms with E-state index in [1.54, 1.807) is 0 Å². The van der Waals surface area contributed by atoms with Crippen molar-refractivity contribution < 1.29 is 28.3 Å². The van der Waals surface area contributed by atoms with Crippen LogP contribution in [0.3, 0.4) is 0 Å². The largest absolute Gasteiger partial charge is 0.508 e. The lowest BCUT2D eigenvalue weighted by atomic mass is 10.2. The Morgan fingerprint density at radius 3 is 1.86 bits per heavy atom. The Balaban J connectivity index is 3.22. The SMILES string of the molecule is O=S(=O)(O)Cc1c(O)cc(O)cc1O. The molecule has 0 atom stereocenters. The summed E-state index contributed by atoms with van der Waals surface area (Å²) < 4.78 is 29.4. The van der Waals surface area contributed by atoms with Gasteiger partial charge in [-0.3, -0.25) is 4.55 Å². The first kappa shape index (κ1) is 10.6. The van der Waals surface area contributed by atoms with Crippen LogP contribution >= 0.6 is 0 Å². The summed E-state index contributed by atoms with van der Waals surface area (Å²) in [6.07, 6.45) is 0. The fourth-order valence-electron chi connectivity index (χ4n) is 0.958. The van der Waals surface area contributed by atoms with Crippen LogP contribution in [0.15, 0.2) is 12.1 Å². The normalized spacial score (nSPS) is 11.5. The number of aromatic hydroxyl groups is 3. The predicted octanol–water partition coefficient (Wildman–Crippen LogP) is 0.191. The van der Waals surface area contributed by atoms with Gasteiger partial charge in [0.15, 0.2) is 0 Å². The van der Waals surface area contributed by atoms with Gasteiger partial charge >= 0.3 is 0 Å². The highest BCUT2D eigenvalue weighted by molar-refractivity contribution is 7.85. The van der Waals surface area contributed by atoms with Gasteiger partial charge in [0.05, 0.1) is 5.56 Å². The van der Waals surface area contributed by atoms with E-state index in [1.165, 1.54) is 0 Å². The van der Waals surface area contributed by atoms with Gasteiger partial charge in [0.25, 0.3) is 10.1 Å². The summed E-state index contributed by atoms with van der Waals surface area (Å²) >= 11 is 0.